The van der Waals surface area contributed by atoms with Crippen molar-refractivity contribution in [2.75, 3.05) is 0 Å². The van der Waals surface area contributed by atoms with Gasteiger partial charge in [0.15, 0.2) is 0 Å². The molecule has 15 heavy (non-hydrogen) atoms. The van der Waals surface area contributed by atoms with Crippen LogP contribution in [-0.4, -0.2) is 16.1 Å². The van der Waals surface area contributed by atoms with Gasteiger partial charge in [0.2, 0.25) is 0 Å². The number of fused-ring (bicyclic) bond motifs is 1. The monoisotopic (exact) mass is 285 g/mol. The predicted octanol–water partition coefficient (Wildman–Crippen LogP) is 3.35. The van der Waals surface area contributed by atoms with Gasteiger partial charge in [0.1, 0.15) is 0 Å². The van der Waals surface area contributed by atoms with E-state index in [9.17, 15) is 4.79 Å². The molecule has 0 fully saturated rings. The van der Waals surface area contributed by atoms with Crippen LogP contribution in [0, 0.1) is 0 Å². The van der Waals surface area contributed by atoms with Crippen molar-refractivity contribution < 1.29 is 9.90 Å². The Morgan fingerprint density at radius 3 is 2.87 bits per heavy atom. The first kappa shape index (κ1) is 10.4. The predicted molar refractivity (Wildman–Crippen MR) is 61.4 cm³/mol. The molecule has 2 aromatic rings. The fourth-order valence-electron chi connectivity index (χ4n) is 1.37. The number of hydrogen-bond donors (Lipinski definition) is 1. The molecule has 1 heterocycles. The van der Waals surface area contributed by atoms with Crippen molar-refractivity contribution in [3.05, 3.63) is 39.5 Å². The lowest BCUT2D eigenvalue weighted by molar-refractivity contribution is 0.0699. The minimum Gasteiger partial charge on any atom is -0.478 e. The fraction of sp³-hybridized carbons (Fsp3) is 0. The highest BCUT2D eigenvalue weighted by atomic mass is 79.9. The van der Waals surface area contributed by atoms with Crippen LogP contribution in [0.4, 0.5) is 0 Å². The van der Waals surface area contributed by atoms with E-state index in [4.69, 9.17) is 16.7 Å². The molecule has 0 atom stereocenters. The van der Waals surface area contributed by atoms with E-state index < -0.39 is 5.97 Å². The number of nitrogens with zero attached hydrogens (tertiary/aromatic N) is 1. The van der Waals surface area contributed by atoms with Gasteiger partial charge in [0.05, 0.1) is 16.1 Å². The van der Waals surface area contributed by atoms with Crippen LogP contribution in [0.2, 0.25) is 5.02 Å². The largest absolute Gasteiger partial charge is 0.478 e. The molecule has 0 spiro atoms. The highest BCUT2D eigenvalue weighted by Crippen LogP contribution is 2.28. The highest BCUT2D eigenvalue weighted by Gasteiger charge is 2.11. The standard InChI is InChI=1S/C10H5BrClNO2/c11-5-3-7-6(10(14)15)1-2-13-9(7)8(12)4-5/h1-4H,(H,14,15). The summed E-state index contributed by atoms with van der Waals surface area (Å²) in [5.41, 5.74) is 0.697. The Bertz CT molecular complexity index is 556. The number of carboxylic acid groups (broad SMARTS) is 1. The number of aromatic nitrogens is 1. The van der Waals surface area contributed by atoms with Gasteiger partial charge in [-0.1, -0.05) is 27.5 Å². The van der Waals surface area contributed by atoms with Gasteiger partial charge < -0.3 is 5.11 Å². The third-order valence-electron chi connectivity index (χ3n) is 1.99. The summed E-state index contributed by atoms with van der Waals surface area (Å²) in [7, 11) is 0. The Balaban J connectivity index is 2.91. The maximum Gasteiger partial charge on any atom is 0.336 e. The van der Waals surface area contributed by atoms with E-state index in [-0.39, 0.29) is 5.56 Å². The summed E-state index contributed by atoms with van der Waals surface area (Å²) in [5, 5.41) is 9.94. The highest BCUT2D eigenvalue weighted by molar-refractivity contribution is 9.10. The first-order valence-electron chi connectivity index (χ1n) is 4.06. The first-order valence-corrected chi connectivity index (χ1v) is 5.24. The van der Waals surface area contributed by atoms with E-state index in [1.165, 1.54) is 12.3 Å². The van der Waals surface area contributed by atoms with E-state index >= 15 is 0 Å². The van der Waals surface area contributed by atoms with Gasteiger partial charge in [-0.3, -0.25) is 4.98 Å². The Hall–Kier alpha value is -1.13. The van der Waals surface area contributed by atoms with Crippen molar-refractivity contribution in [1.82, 2.24) is 4.98 Å². The summed E-state index contributed by atoms with van der Waals surface area (Å²) >= 11 is 9.21. The quantitative estimate of drug-likeness (QED) is 0.874. The number of pyridine rings is 1. The maximum absolute atomic E-state index is 11.0. The number of halogens is 2. The molecule has 0 saturated carbocycles. The van der Waals surface area contributed by atoms with Gasteiger partial charge in [-0.2, -0.15) is 0 Å². The fourth-order valence-corrected chi connectivity index (χ4v) is 2.22. The third kappa shape index (κ3) is 1.82. The van der Waals surface area contributed by atoms with E-state index in [2.05, 4.69) is 20.9 Å². The van der Waals surface area contributed by atoms with Crippen molar-refractivity contribution in [2.45, 2.75) is 0 Å². The molecule has 1 aromatic heterocycles. The molecule has 76 valence electrons. The summed E-state index contributed by atoms with van der Waals surface area (Å²) in [6.45, 7) is 0. The number of carboxylic acids is 1. The Morgan fingerprint density at radius 1 is 1.47 bits per heavy atom. The van der Waals surface area contributed by atoms with Crippen LogP contribution in [0.25, 0.3) is 10.9 Å². The molecule has 1 N–H and O–H groups in total. The summed E-state index contributed by atoms with van der Waals surface area (Å²) < 4.78 is 0.732. The summed E-state index contributed by atoms with van der Waals surface area (Å²) in [6.07, 6.45) is 1.44. The molecule has 0 radical (unpaired) electrons. The van der Waals surface area contributed by atoms with Crippen molar-refractivity contribution in [3.63, 3.8) is 0 Å². The molecule has 0 aliphatic rings. The zero-order valence-electron chi connectivity index (χ0n) is 7.37. The average molecular weight is 287 g/mol. The van der Waals surface area contributed by atoms with E-state index in [1.807, 2.05) is 0 Å². The topological polar surface area (TPSA) is 50.2 Å². The van der Waals surface area contributed by atoms with Crippen LogP contribution in [-0.2, 0) is 0 Å². The second kappa shape index (κ2) is 3.79. The van der Waals surface area contributed by atoms with Crippen LogP contribution in [0.5, 0.6) is 0 Å². The molecule has 3 nitrogen and oxygen atoms in total. The normalized spacial score (nSPS) is 10.5. The Morgan fingerprint density at radius 2 is 2.20 bits per heavy atom. The van der Waals surface area contributed by atoms with Crippen molar-refractivity contribution in [2.24, 2.45) is 0 Å². The number of aromatic carboxylic acids is 1. The molecule has 0 bridgehead atoms. The second-order valence-corrected chi connectivity index (χ2v) is 4.27. The Kier molecular flexibility index (Phi) is 2.63. The molecule has 0 aliphatic heterocycles. The van der Waals surface area contributed by atoms with Crippen LogP contribution in [0.3, 0.4) is 0 Å². The molecule has 5 heteroatoms. The van der Waals surface area contributed by atoms with Gasteiger partial charge in [0, 0.05) is 16.1 Å². The SMILES string of the molecule is O=C(O)c1ccnc2c(Cl)cc(Br)cc12. The number of carbonyl (C=O) groups is 1. The van der Waals surface area contributed by atoms with Gasteiger partial charge in [-0.05, 0) is 18.2 Å². The molecule has 0 amide bonds. The molecular formula is C10H5BrClNO2. The van der Waals surface area contributed by atoms with Crippen LogP contribution < -0.4 is 0 Å². The number of benzene rings is 1. The average Bonchev–Trinajstić information content (AvgIpc) is 2.16. The maximum atomic E-state index is 11.0. The van der Waals surface area contributed by atoms with E-state index in [0.717, 1.165) is 4.47 Å². The lowest BCUT2D eigenvalue weighted by Gasteiger charge is -2.03. The summed E-state index contributed by atoms with van der Waals surface area (Å²) in [5.74, 6) is -0.989. The molecule has 0 unspecified atom stereocenters. The van der Waals surface area contributed by atoms with E-state index in [1.54, 1.807) is 12.1 Å². The number of hydrogen-bond acceptors (Lipinski definition) is 2. The first-order chi connectivity index (χ1) is 7.09. The third-order valence-corrected chi connectivity index (χ3v) is 2.74. The minimum atomic E-state index is -0.989. The van der Waals surface area contributed by atoms with Crippen LogP contribution in [0.1, 0.15) is 10.4 Å². The van der Waals surface area contributed by atoms with Gasteiger partial charge in [-0.15, -0.1) is 0 Å². The number of rotatable bonds is 1. The van der Waals surface area contributed by atoms with Crippen molar-refractivity contribution in [3.8, 4) is 0 Å². The molecular weight excluding hydrogens is 281 g/mol. The van der Waals surface area contributed by atoms with E-state index in [0.29, 0.717) is 15.9 Å². The van der Waals surface area contributed by atoms with Crippen molar-refractivity contribution in [1.29, 1.82) is 0 Å². The second-order valence-electron chi connectivity index (χ2n) is 2.95. The molecule has 2 rings (SSSR count). The van der Waals surface area contributed by atoms with Crippen molar-refractivity contribution >= 4 is 44.4 Å². The lowest BCUT2D eigenvalue weighted by Crippen LogP contribution is -1.98. The Labute approximate surface area is 98.8 Å². The van der Waals surface area contributed by atoms with Gasteiger partial charge in [-0.25, -0.2) is 4.79 Å². The summed E-state index contributed by atoms with van der Waals surface area (Å²) in [4.78, 5) is 15.0. The molecule has 1 aromatic carbocycles. The lowest BCUT2D eigenvalue weighted by atomic mass is 10.1. The molecule has 0 aliphatic carbocycles. The smallest absolute Gasteiger partial charge is 0.336 e. The zero-order chi connectivity index (χ0) is 11.0. The van der Waals surface area contributed by atoms with Crippen LogP contribution in [0.15, 0.2) is 28.9 Å². The van der Waals surface area contributed by atoms with Crippen LogP contribution >= 0.6 is 27.5 Å². The summed E-state index contributed by atoms with van der Waals surface area (Å²) in [6, 6.07) is 4.83. The van der Waals surface area contributed by atoms with Gasteiger partial charge >= 0.3 is 5.97 Å². The zero-order valence-corrected chi connectivity index (χ0v) is 9.71. The molecule has 0 saturated heterocycles. The minimum absolute atomic E-state index is 0.197. The van der Waals surface area contributed by atoms with Gasteiger partial charge in [0.25, 0.3) is 0 Å².